The number of thioether (sulfide) groups is 1. The Morgan fingerprint density at radius 2 is 1.77 bits per heavy atom. The molecule has 4 rings (SSSR count). The lowest BCUT2D eigenvalue weighted by Crippen LogP contribution is -2.48. The van der Waals surface area contributed by atoms with Crippen molar-refractivity contribution in [3.8, 4) is 0 Å². The molecule has 0 unspecified atom stereocenters. The Balaban J connectivity index is 1.27. The number of piperazine rings is 1. The lowest BCUT2D eigenvalue weighted by Gasteiger charge is -2.35. The Hall–Kier alpha value is -1.86. The number of rotatable bonds is 6. The number of aromatic nitrogens is 3. The van der Waals surface area contributed by atoms with Crippen LogP contribution >= 0.6 is 11.8 Å². The van der Waals surface area contributed by atoms with E-state index in [1.54, 1.807) is 11.8 Å². The van der Waals surface area contributed by atoms with Crippen LogP contribution in [0.15, 0.2) is 29.4 Å². The van der Waals surface area contributed by atoms with Gasteiger partial charge in [0.25, 0.3) is 0 Å². The molecule has 0 spiro atoms. The van der Waals surface area contributed by atoms with Crippen molar-refractivity contribution in [2.24, 2.45) is 0 Å². The molecule has 1 saturated carbocycles. The maximum atomic E-state index is 12.8. The van der Waals surface area contributed by atoms with E-state index < -0.39 is 0 Å². The number of benzene rings is 1. The number of carbonyl (C=O) groups excluding carboxylic acids is 1. The minimum absolute atomic E-state index is 0.214. The van der Waals surface area contributed by atoms with Crippen LogP contribution in [-0.4, -0.2) is 62.4 Å². The molecule has 1 saturated heterocycles. The molecule has 2 aromatic rings. The number of amides is 1. The third-order valence-corrected chi connectivity index (χ3v) is 7.41. The molecule has 2 heterocycles. The molecule has 0 bridgehead atoms. The lowest BCUT2D eigenvalue weighted by molar-refractivity contribution is -0.130. The van der Waals surface area contributed by atoms with Crippen LogP contribution in [0.3, 0.4) is 0 Å². The van der Waals surface area contributed by atoms with E-state index in [1.165, 1.54) is 43.2 Å². The standard InChI is InChI=1S/C23H33N5OS/c1-18-8-6-7-9-20(18)16-26-12-14-27(15-13-26)22(29)17-30-23-25-24-19(2)28(23)21-10-4-3-5-11-21/h6-9,21H,3-5,10-17H2,1-2H3. The van der Waals surface area contributed by atoms with Crippen LogP contribution < -0.4 is 0 Å². The van der Waals surface area contributed by atoms with Gasteiger partial charge in [-0.25, -0.2) is 0 Å². The molecule has 0 radical (unpaired) electrons. The number of carbonyl (C=O) groups is 1. The van der Waals surface area contributed by atoms with E-state index in [-0.39, 0.29) is 5.91 Å². The third-order valence-electron chi connectivity index (χ3n) is 6.48. The second-order valence-corrected chi connectivity index (χ2v) is 9.51. The zero-order chi connectivity index (χ0) is 20.9. The second-order valence-electron chi connectivity index (χ2n) is 8.56. The summed E-state index contributed by atoms with van der Waals surface area (Å²) in [5, 5.41) is 9.58. The molecule has 1 amide bonds. The SMILES string of the molecule is Cc1ccccc1CN1CCN(C(=O)CSc2nnc(C)n2C2CCCCC2)CC1. The van der Waals surface area contributed by atoms with E-state index in [2.05, 4.69) is 50.9 Å². The zero-order valence-corrected chi connectivity index (χ0v) is 19.0. The van der Waals surface area contributed by atoms with Crippen LogP contribution in [-0.2, 0) is 11.3 Å². The fourth-order valence-electron chi connectivity index (χ4n) is 4.61. The fraction of sp³-hybridized carbons (Fsp3) is 0.609. The smallest absolute Gasteiger partial charge is 0.233 e. The summed E-state index contributed by atoms with van der Waals surface area (Å²) in [6.45, 7) is 8.64. The molecule has 0 atom stereocenters. The van der Waals surface area contributed by atoms with E-state index in [0.29, 0.717) is 11.8 Å². The van der Waals surface area contributed by atoms with Gasteiger partial charge in [0.15, 0.2) is 5.16 Å². The van der Waals surface area contributed by atoms with Crippen molar-refractivity contribution in [1.29, 1.82) is 0 Å². The highest BCUT2D eigenvalue weighted by atomic mass is 32.2. The average Bonchev–Trinajstić information content (AvgIpc) is 3.15. The molecule has 30 heavy (non-hydrogen) atoms. The molecule has 6 nitrogen and oxygen atoms in total. The highest BCUT2D eigenvalue weighted by Gasteiger charge is 2.24. The van der Waals surface area contributed by atoms with Crippen LogP contribution in [0, 0.1) is 13.8 Å². The van der Waals surface area contributed by atoms with Crippen molar-refractivity contribution in [3.63, 3.8) is 0 Å². The van der Waals surface area contributed by atoms with Gasteiger partial charge in [-0.05, 0) is 37.8 Å². The second kappa shape index (κ2) is 9.96. The summed E-state index contributed by atoms with van der Waals surface area (Å²) in [6, 6.07) is 9.06. The number of aryl methyl sites for hydroxylation is 2. The highest BCUT2D eigenvalue weighted by Crippen LogP contribution is 2.32. The van der Waals surface area contributed by atoms with E-state index in [0.717, 1.165) is 43.7 Å². The summed E-state index contributed by atoms with van der Waals surface area (Å²) in [4.78, 5) is 17.3. The van der Waals surface area contributed by atoms with Gasteiger partial charge in [0.2, 0.25) is 5.91 Å². The fourth-order valence-corrected chi connectivity index (χ4v) is 5.56. The maximum Gasteiger partial charge on any atom is 0.233 e. The first-order valence-electron chi connectivity index (χ1n) is 11.2. The predicted octanol–water partition coefficient (Wildman–Crippen LogP) is 3.84. The molecule has 1 aliphatic heterocycles. The molecular formula is C23H33N5OS. The first-order chi connectivity index (χ1) is 14.6. The van der Waals surface area contributed by atoms with Crippen molar-refractivity contribution in [2.75, 3.05) is 31.9 Å². The molecule has 1 aromatic heterocycles. The van der Waals surface area contributed by atoms with Crippen LogP contribution in [0.4, 0.5) is 0 Å². The first kappa shape index (κ1) is 21.4. The van der Waals surface area contributed by atoms with Crippen LogP contribution in [0.1, 0.15) is 55.1 Å². The number of nitrogens with zero attached hydrogens (tertiary/aromatic N) is 5. The number of hydrogen-bond acceptors (Lipinski definition) is 5. The van der Waals surface area contributed by atoms with Gasteiger partial charge in [-0.2, -0.15) is 0 Å². The summed E-state index contributed by atoms with van der Waals surface area (Å²) in [7, 11) is 0. The van der Waals surface area contributed by atoms with Crippen LogP contribution in [0.25, 0.3) is 0 Å². The van der Waals surface area contributed by atoms with Gasteiger partial charge in [0, 0.05) is 38.8 Å². The highest BCUT2D eigenvalue weighted by molar-refractivity contribution is 7.99. The van der Waals surface area contributed by atoms with Gasteiger partial charge in [-0.15, -0.1) is 10.2 Å². The Labute approximate surface area is 184 Å². The van der Waals surface area contributed by atoms with Gasteiger partial charge in [0.05, 0.1) is 5.75 Å². The first-order valence-corrected chi connectivity index (χ1v) is 12.2. The molecule has 7 heteroatoms. The minimum Gasteiger partial charge on any atom is -0.339 e. The van der Waals surface area contributed by atoms with Crippen molar-refractivity contribution < 1.29 is 4.79 Å². The molecule has 2 aliphatic rings. The van der Waals surface area contributed by atoms with Crippen molar-refractivity contribution in [2.45, 2.75) is 63.7 Å². The lowest BCUT2D eigenvalue weighted by atomic mass is 9.95. The summed E-state index contributed by atoms with van der Waals surface area (Å²) in [6.07, 6.45) is 6.27. The molecule has 0 N–H and O–H groups in total. The Morgan fingerprint density at radius 3 is 2.50 bits per heavy atom. The predicted molar refractivity (Wildman–Crippen MR) is 121 cm³/mol. The molecule has 1 aliphatic carbocycles. The third kappa shape index (κ3) is 5.06. The summed E-state index contributed by atoms with van der Waals surface area (Å²) in [5.74, 6) is 1.64. The summed E-state index contributed by atoms with van der Waals surface area (Å²) < 4.78 is 2.28. The van der Waals surface area contributed by atoms with Crippen LogP contribution in [0.2, 0.25) is 0 Å². The Morgan fingerprint density at radius 1 is 1.03 bits per heavy atom. The van der Waals surface area contributed by atoms with Gasteiger partial charge in [0.1, 0.15) is 5.82 Å². The Kier molecular flexibility index (Phi) is 7.10. The van der Waals surface area contributed by atoms with Gasteiger partial charge >= 0.3 is 0 Å². The Bertz CT molecular complexity index is 853. The normalized spacial score (nSPS) is 18.7. The zero-order valence-electron chi connectivity index (χ0n) is 18.2. The summed E-state index contributed by atoms with van der Waals surface area (Å²) >= 11 is 1.55. The minimum atomic E-state index is 0.214. The van der Waals surface area contributed by atoms with E-state index in [4.69, 9.17) is 0 Å². The van der Waals surface area contributed by atoms with Gasteiger partial charge in [-0.1, -0.05) is 55.3 Å². The topological polar surface area (TPSA) is 54.3 Å². The van der Waals surface area contributed by atoms with Gasteiger partial charge in [-0.3, -0.25) is 9.69 Å². The van der Waals surface area contributed by atoms with E-state index in [1.807, 2.05) is 11.8 Å². The van der Waals surface area contributed by atoms with Crippen molar-refractivity contribution in [3.05, 3.63) is 41.2 Å². The van der Waals surface area contributed by atoms with Crippen molar-refractivity contribution >= 4 is 17.7 Å². The maximum absolute atomic E-state index is 12.8. The van der Waals surface area contributed by atoms with Crippen LogP contribution in [0.5, 0.6) is 0 Å². The molecule has 1 aromatic carbocycles. The summed E-state index contributed by atoms with van der Waals surface area (Å²) in [5.41, 5.74) is 2.72. The average molecular weight is 428 g/mol. The van der Waals surface area contributed by atoms with Crippen molar-refractivity contribution in [1.82, 2.24) is 24.6 Å². The van der Waals surface area contributed by atoms with E-state index in [9.17, 15) is 4.79 Å². The monoisotopic (exact) mass is 427 g/mol. The number of hydrogen-bond donors (Lipinski definition) is 0. The van der Waals surface area contributed by atoms with E-state index >= 15 is 0 Å². The molecule has 2 fully saturated rings. The quantitative estimate of drug-likeness (QED) is 0.656. The molecule has 162 valence electrons. The molecular weight excluding hydrogens is 394 g/mol. The van der Waals surface area contributed by atoms with Gasteiger partial charge < -0.3 is 9.47 Å². The largest absolute Gasteiger partial charge is 0.339 e.